The first-order chi connectivity index (χ1) is 12.1. The zero-order valence-corrected chi connectivity index (χ0v) is 13.5. The maximum Gasteiger partial charge on any atom is 0.248 e. The lowest BCUT2D eigenvalue weighted by Crippen LogP contribution is -2.10. The fourth-order valence-electron chi connectivity index (χ4n) is 2.38. The first kappa shape index (κ1) is 16.4. The molecule has 3 rings (SSSR count). The molecule has 4 N–H and O–H groups in total. The second kappa shape index (κ2) is 7.44. The number of phenols is 1. The molecule has 0 aliphatic rings. The smallest absolute Gasteiger partial charge is 0.248 e. The Kier molecular flexibility index (Phi) is 4.89. The Labute approximate surface area is 145 Å². The first-order valence-corrected chi connectivity index (χ1v) is 7.87. The van der Waals surface area contributed by atoms with Gasteiger partial charge in [0.05, 0.1) is 0 Å². The topological polar surface area (TPSA) is 101 Å². The Morgan fingerprint density at radius 2 is 1.76 bits per heavy atom. The van der Waals surface area contributed by atoms with Gasteiger partial charge in [-0.25, -0.2) is 9.97 Å². The molecule has 0 atom stereocenters. The van der Waals surface area contributed by atoms with Crippen LogP contribution in [-0.2, 0) is 6.42 Å². The SMILES string of the molecule is NC(=O)c1ccc(-c2nccc(NCCc3ccc(O)cc3)n2)cc1. The molecule has 25 heavy (non-hydrogen) atoms. The Bertz CT molecular complexity index is 861. The number of hydrogen-bond donors (Lipinski definition) is 3. The van der Waals surface area contributed by atoms with Crippen molar-refractivity contribution in [2.45, 2.75) is 6.42 Å². The zero-order valence-electron chi connectivity index (χ0n) is 13.5. The van der Waals surface area contributed by atoms with Crippen LogP contribution in [0.1, 0.15) is 15.9 Å². The summed E-state index contributed by atoms with van der Waals surface area (Å²) in [6.07, 6.45) is 2.50. The molecule has 1 aromatic heterocycles. The predicted octanol–water partition coefficient (Wildman–Crippen LogP) is 2.60. The van der Waals surface area contributed by atoms with Gasteiger partial charge in [0.2, 0.25) is 5.91 Å². The number of carbonyl (C=O) groups excluding carboxylic acids is 1. The lowest BCUT2D eigenvalue weighted by Gasteiger charge is -2.07. The van der Waals surface area contributed by atoms with Gasteiger partial charge in [-0.05, 0) is 42.3 Å². The van der Waals surface area contributed by atoms with E-state index < -0.39 is 5.91 Å². The molecule has 0 saturated carbocycles. The number of carbonyl (C=O) groups is 1. The van der Waals surface area contributed by atoms with Crippen molar-refractivity contribution in [2.75, 3.05) is 11.9 Å². The summed E-state index contributed by atoms with van der Waals surface area (Å²) in [5.74, 6) is 1.10. The van der Waals surface area contributed by atoms with E-state index in [9.17, 15) is 9.90 Å². The van der Waals surface area contributed by atoms with Crippen LogP contribution in [-0.4, -0.2) is 27.5 Å². The van der Waals surface area contributed by atoms with Gasteiger partial charge in [0.15, 0.2) is 5.82 Å². The molecule has 0 unspecified atom stereocenters. The third-order valence-electron chi connectivity index (χ3n) is 3.74. The third-order valence-corrected chi connectivity index (χ3v) is 3.74. The number of aromatic hydroxyl groups is 1. The lowest BCUT2D eigenvalue weighted by atomic mass is 10.1. The first-order valence-electron chi connectivity index (χ1n) is 7.87. The number of aromatic nitrogens is 2. The summed E-state index contributed by atoms with van der Waals surface area (Å²) in [6.45, 7) is 0.710. The quantitative estimate of drug-likeness (QED) is 0.643. The van der Waals surface area contributed by atoms with E-state index in [4.69, 9.17) is 5.73 Å². The number of hydrogen-bond acceptors (Lipinski definition) is 5. The fourth-order valence-corrected chi connectivity index (χ4v) is 2.38. The van der Waals surface area contributed by atoms with Crippen LogP contribution in [0.15, 0.2) is 60.8 Å². The molecule has 126 valence electrons. The van der Waals surface area contributed by atoms with Crippen molar-refractivity contribution in [1.29, 1.82) is 0 Å². The highest BCUT2D eigenvalue weighted by Crippen LogP contribution is 2.17. The number of anilines is 1. The molecule has 0 aliphatic heterocycles. The number of phenolic OH excluding ortho intramolecular Hbond substituents is 1. The molecule has 2 aromatic carbocycles. The zero-order chi connectivity index (χ0) is 17.6. The molecular formula is C19H18N4O2. The minimum Gasteiger partial charge on any atom is -0.508 e. The van der Waals surface area contributed by atoms with Gasteiger partial charge in [-0.15, -0.1) is 0 Å². The summed E-state index contributed by atoms with van der Waals surface area (Å²) in [4.78, 5) is 19.9. The van der Waals surface area contributed by atoms with Gasteiger partial charge in [-0.2, -0.15) is 0 Å². The van der Waals surface area contributed by atoms with Gasteiger partial charge in [-0.3, -0.25) is 4.79 Å². The molecule has 6 nitrogen and oxygen atoms in total. The average molecular weight is 334 g/mol. The highest BCUT2D eigenvalue weighted by molar-refractivity contribution is 5.93. The van der Waals surface area contributed by atoms with Gasteiger partial charge in [0.25, 0.3) is 0 Å². The monoisotopic (exact) mass is 334 g/mol. The largest absolute Gasteiger partial charge is 0.508 e. The molecule has 1 amide bonds. The Hall–Kier alpha value is -3.41. The Balaban J connectivity index is 1.64. The molecular weight excluding hydrogens is 316 g/mol. The van der Waals surface area contributed by atoms with E-state index in [1.165, 1.54) is 0 Å². The van der Waals surface area contributed by atoms with Crippen LogP contribution in [0, 0.1) is 0 Å². The van der Waals surface area contributed by atoms with Crippen LogP contribution in [0.2, 0.25) is 0 Å². The van der Waals surface area contributed by atoms with Crippen molar-refractivity contribution in [3.8, 4) is 17.1 Å². The normalized spacial score (nSPS) is 10.4. The number of primary amides is 1. The molecule has 0 bridgehead atoms. The second-order valence-electron chi connectivity index (χ2n) is 5.55. The van der Waals surface area contributed by atoms with Crippen molar-refractivity contribution >= 4 is 11.7 Å². The predicted molar refractivity (Wildman–Crippen MR) is 96.3 cm³/mol. The third kappa shape index (κ3) is 4.32. The molecule has 0 saturated heterocycles. The number of rotatable bonds is 6. The molecule has 0 fully saturated rings. The van der Waals surface area contributed by atoms with Gasteiger partial charge < -0.3 is 16.2 Å². The van der Waals surface area contributed by atoms with Gasteiger partial charge in [0.1, 0.15) is 11.6 Å². The summed E-state index contributed by atoms with van der Waals surface area (Å²) in [6, 6.07) is 15.8. The highest BCUT2D eigenvalue weighted by atomic mass is 16.3. The van der Waals surface area contributed by atoms with Crippen LogP contribution in [0.5, 0.6) is 5.75 Å². The van der Waals surface area contributed by atoms with E-state index in [1.807, 2.05) is 12.1 Å². The summed E-state index contributed by atoms with van der Waals surface area (Å²) in [7, 11) is 0. The second-order valence-corrected chi connectivity index (χ2v) is 5.55. The molecule has 0 spiro atoms. The van der Waals surface area contributed by atoms with E-state index in [-0.39, 0.29) is 5.75 Å². The highest BCUT2D eigenvalue weighted by Gasteiger charge is 2.05. The van der Waals surface area contributed by atoms with Gasteiger partial charge in [-0.1, -0.05) is 24.3 Å². The lowest BCUT2D eigenvalue weighted by molar-refractivity contribution is 0.100. The minimum atomic E-state index is -0.461. The fraction of sp³-hybridized carbons (Fsp3) is 0.105. The van der Waals surface area contributed by atoms with E-state index >= 15 is 0 Å². The number of nitrogens with one attached hydrogen (secondary N) is 1. The van der Waals surface area contributed by atoms with Crippen LogP contribution in [0.4, 0.5) is 5.82 Å². The maximum atomic E-state index is 11.1. The van der Waals surface area contributed by atoms with Crippen molar-refractivity contribution < 1.29 is 9.90 Å². The molecule has 0 aliphatic carbocycles. The summed E-state index contributed by atoms with van der Waals surface area (Å²) in [5.41, 5.74) is 7.63. The minimum absolute atomic E-state index is 0.263. The van der Waals surface area contributed by atoms with Crippen LogP contribution >= 0.6 is 0 Å². The average Bonchev–Trinajstić information content (AvgIpc) is 2.64. The van der Waals surface area contributed by atoms with Crippen LogP contribution < -0.4 is 11.1 Å². The van der Waals surface area contributed by atoms with E-state index in [2.05, 4.69) is 15.3 Å². The molecule has 3 aromatic rings. The molecule has 0 radical (unpaired) electrons. The number of nitrogens with zero attached hydrogens (tertiary/aromatic N) is 2. The summed E-state index contributed by atoms with van der Waals surface area (Å²) in [5, 5.41) is 12.5. The van der Waals surface area contributed by atoms with Crippen molar-refractivity contribution in [3.63, 3.8) is 0 Å². The maximum absolute atomic E-state index is 11.1. The van der Waals surface area contributed by atoms with Crippen LogP contribution in [0.3, 0.4) is 0 Å². The standard InChI is InChI=1S/C19H18N4O2/c20-18(25)14-3-5-15(6-4-14)19-22-12-10-17(23-19)21-11-9-13-1-7-16(24)8-2-13/h1-8,10,12,24H,9,11H2,(H2,20,25)(H,21,22,23). The summed E-state index contributed by atoms with van der Waals surface area (Å²) >= 11 is 0. The van der Waals surface area contributed by atoms with Crippen molar-refractivity contribution in [3.05, 3.63) is 71.9 Å². The number of nitrogens with two attached hydrogens (primary N) is 1. The van der Waals surface area contributed by atoms with Gasteiger partial charge >= 0.3 is 0 Å². The number of benzene rings is 2. The molecule has 6 heteroatoms. The molecule has 1 heterocycles. The Morgan fingerprint density at radius 3 is 2.44 bits per heavy atom. The van der Waals surface area contributed by atoms with E-state index in [0.717, 1.165) is 23.4 Å². The Morgan fingerprint density at radius 1 is 1.04 bits per heavy atom. The van der Waals surface area contributed by atoms with Crippen molar-refractivity contribution in [1.82, 2.24) is 9.97 Å². The van der Waals surface area contributed by atoms with E-state index in [1.54, 1.807) is 48.7 Å². The van der Waals surface area contributed by atoms with Crippen LogP contribution in [0.25, 0.3) is 11.4 Å². The van der Waals surface area contributed by atoms with Gasteiger partial charge in [0, 0.05) is 23.9 Å². The van der Waals surface area contributed by atoms with Crippen molar-refractivity contribution in [2.24, 2.45) is 5.73 Å². The van der Waals surface area contributed by atoms with E-state index in [0.29, 0.717) is 17.9 Å². The summed E-state index contributed by atoms with van der Waals surface area (Å²) < 4.78 is 0. The number of amides is 1.